The van der Waals surface area contributed by atoms with E-state index in [1.165, 1.54) is 12.1 Å². The largest absolute Gasteiger partial charge is 0.507 e. The van der Waals surface area contributed by atoms with Gasteiger partial charge in [-0.05, 0) is 29.3 Å². The predicted molar refractivity (Wildman–Crippen MR) is 83.6 cm³/mol. The van der Waals surface area contributed by atoms with E-state index < -0.39 is 11.7 Å². The molecular weight excluding hydrogens is 299 g/mol. The van der Waals surface area contributed by atoms with E-state index in [9.17, 15) is 14.3 Å². The Morgan fingerprint density at radius 1 is 1.35 bits per heavy atom. The van der Waals surface area contributed by atoms with E-state index >= 15 is 0 Å². The summed E-state index contributed by atoms with van der Waals surface area (Å²) in [5.41, 5.74) is 3.93. The fourth-order valence-corrected chi connectivity index (χ4v) is 2.32. The Balaban J connectivity index is 2.07. The van der Waals surface area contributed by atoms with Crippen molar-refractivity contribution in [2.45, 2.75) is 6.42 Å². The van der Waals surface area contributed by atoms with Crippen molar-refractivity contribution in [2.24, 2.45) is 10.8 Å². The van der Waals surface area contributed by atoms with Gasteiger partial charge >= 0.3 is 5.84 Å². The average Bonchev–Trinajstić information content (AvgIpc) is 2.87. The van der Waals surface area contributed by atoms with Crippen LogP contribution in [0.1, 0.15) is 12.0 Å². The molecule has 4 N–H and O–H groups in total. The number of aliphatic imine (C=N–C) groups is 1. The van der Waals surface area contributed by atoms with Gasteiger partial charge in [0.05, 0.1) is 5.56 Å². The number of nitrogens with zero attached hydrogens (tertiary/aromatic N) is 2. The molecule has 0 atom stereocenters. The summed E-state index contributed by atoms with van der Waals surface area (Å²) in [7, 11) is 0. The van der Waals surface area contributed by atoms with Crippen LogP contribution in [0.2, 0.25) is 0 Å². The number of nitrogens with one attached hydrogen (secondary N) is 1. The average molecular weight is 313 g/mol. The number of hydrazine groups is 1. The summed E-state index contributed by atoms with van der Waals surface area (Å²) in [6.07, 6.45) is 1.58. The standard InChI is InChI=1S/C16H13FN4O2/c17-11-6-5-10(14(22)7-11)9-21-13-4-2-1-3-12(13)19-15(21)8-16(23)20-18/h1-7,9H,8,18H2,(H,20,23)/p+1. The molecule has 3 rings (SSSR count). The molecule has 1 aliphatic heterocycles. The third-order valence-corrected chi connectivity index (χ3v) is 3.41. The van der Waals surface area contributed by atoms with Gasteiger partial charge in [-0.15, -0.1) is 0 Å². The quantitative estimate of drug-likeness (QED) is 0.349. The molecule has 0 bridgehead atoms. The van der Waals surface area contributed by atoms with E-state index in [1.54, 1.807) is 10.8 Å². The van der Waals surface area contributed by atoms with Gasteiger partial charge in [0.2, 0.25) is 11.6 Å². The van der Waals surface area contributed by atoms with Crippen LogP contribution < -0.4 is 11.3 Å². The molecule has 116 valence electrons. The van der Waals surface area contributed by atoms with Crippen LogP contribution >= 0.6 is 0 Å². The van der Waals surface area contributed by atoms with Gasteiger partial charge in [-0.1, -0.05) is 12.1 Å². The predicted octanol–water partition coefficient (Wildman–Crippen LogP) is 1.72. The number of para-hydroxylation sites is 2. The van der Waals surface area contributed by atoms with E-state index in [4.69, 9.17) is 5.84 Å². The number of hydrogen-bond acceptors (Lipinski definition) is 4. The first-order chi connectivity index (χ1) is 11.1. The first-order valence-corrected chi connectivity index (χ1v) is 6.87. The molecule has 1 aliphatic rings. The summed E-state index contributed by atoms with van der Waals surface area (Å²) >= 11 is 0. The van der Waals surface area contributed by atoms with Gasteiger partial charge in [-0.25, -0.2) is 10.2 Å². The summed E-state index contributed by atoms with van der Waals surface area (Å²) in [4.78, 5) is 16.0. The number of rotatable bonds is 3. The van der Waals surface area contributed by atoms with Gasteiger partial charge in [0, 0.05) is 6.07 Å². The van der Waals surface area contributed by atoms with Crippen LogP contribution in [0, 0.1) is 5.82 Å². The number of halogens is 1. The minimum Gasteiger partial charge on any atom is -0.507 e. The second kappa shape index (κ2) is 5.98. The number of amidine groups is 1. The highest BCUT2D eigenvalue weighted by Gasteiger charge is 2.31. The maximum atomic E-state index is 13.1. The fraction of sp³-hybridized carbons (Fsp3) is 0.0625. The molecule has 2 aromatic rings. The molecule has 0 spiro atoms. The van der Waals surface area contributed by atoms with E-state index in [2.05, 4.69) is 10.4 Å². The molecule has 0 radical (unpaired) electrons. The summed E-state index contributed by atoms with van der Waals surface area (Å²) in [6.45, 7) is 0. The second-order valence-corrected chi connectivity index (χ2v) is 4.96. The van der Waals surface area contributed by atoms with Crippen LogP contribution in [0.25, 0.3) is 0 Å². The van der Waals surface area contributed by atoms with Crippen molar-refractivity contribution in [1.82, 2.24) is 5.43 Å². The molecule has 0 unspecified atom stereocenters. The Morgan fingerprint density at radius 3 is 2.87 bits per heavy atom. The first-order valence-electron chi connectivity index (χ1n) is 6.87. The molecule has 0 saturated carbocycles. The lowest BCUT2D eigenvalue weighted by Crippen LogP contribution is -2.33. The number of benzene rings is 2. The molecular formula is C16H14FN4O2+. The summed E-state index contributed by atoms with van der Waals surface area (Å²) in [6, 6.07) is 11.0. The lowest BCUT2D eigenvalue weighted by atomic mass is 10.2. The Labute approximate surface area is 131 Å². The minimum absolute atomic E-state index is 0.0242. The van der Waals surface area contributed by atoms with Crippen LogP contribution in [0.4, 0.5) is 15.8 Å². The highest BCUT2D eigenvalue weighted by molar-refractivity contribution is 6.02. The molecule has 6 nitrogen and oxygen atoms in total. The van der Waals surface area contributed by atoms with Gasteiger partial charge in [0.25, 0.3) is 0 Å². The molecule has 2 aromatic carbocycles. The van der Waals surface area contributed by atoms with Crippen LogP contribution in [-0.4, -0.2) is 27.6 Å². The Bertz CT molecular complexity index is 846. The van der Waals surface area contributed by atoms with Crippen LogP contribution in [0.5, 0.6) is 5.75 Å². The van der Waals surface area contributed by atoms with Crippen LogP contribution in [0.3, 0.4) is 0 Å². The van der Waals surface area contributed by atoms with E-state index in [-0.39, 0.29) is 12.2 Å². The molecule has 0 aliphatic carbocycles. The zero-order valence-electron chi connectivity index (χ0n) is 12.0. The molecule has 1 heterocycles. The number of aromatic hydroxyl groups is 1. The summed E-state index contributed by atoms with van der Waals surface area (Å²) in [5, 5.41) is 9.88. The smallest absolute Gasteiger partial charge is 0.314 e. The van der Waals surface area contributed by atoms with Crippen LogP contribution in [-0.2, 0) is 4.79 Å². The summed E-state index contributed by atoms with van der Waals surface area (Å²) < 4.78 is 14.8. The first kappa shape index (κ1) is 14.9. The normalized spacial score (nSPS) is 14.5. The van der Waals surface area contributed by atoms with Crippen molar-refractivity contribution in [3.05, 3.63) is 53.8 Å². The monoisotopic (exact) mass is 313 g/mol. The lowest BCUT2D eigenvalue weighted by molar-refractivity contribution is -0.296. The summed E-state index contributed by atoms with van der Waals surface area (Å²) in [5.74, 6) is 4.47. The number of phenols is 1. The van der Waals surface area contributed by atoms with E-state index in [0.29, 0.717) is 17.1 Å². The van der Waals surface area contributed by atoms with E-state index in [0.717, 1.165) is 11.8 Å². The number of hydrogen-bond donors (Lipinski definition) is 3. The number of phenolic OH excluding ortho intramolecular Hbond substituents is 1. The van der Waals surface area contributed by atoms with Gasteiger partial charge in [0.1, 0.15) is 24.2 Å². The van der Waals surface area contributed by atoms with Crippen molar-refractivity contribution in [3.63, 3.8) is 0 Å². The van der Waals surface area contributed by atoms with Crippen LogP contribution in [0.15, 0.2) is 47.5 Å². The number of nitrogens with two attached hydrogens (primary N) is 1. The molecule has 23 heavy (non-hydrogen) atoms. The second-order valence-electron chi connectivity index (χ2n) is 4.96. The van der Waals surface area contributed by atoms with Crippen molar-refractivity contribution in [3.8, 4) is 5.75 Å². The third kappa shape index (κ3) is 2.95. The zero-order chi connectivity index (χ0) is 16.4. The SMILES string of the molecule is NNC(=O)CC1=Nc2ccccc2[N+]1=Cc1ccc(F)cc1O. The topological polar surface area (TPSA) is 90.7 Å². The zero-order valence-corrected chi connectivity index (χ0v) is 12.0. The third-order valence-electron chi connectivity index (χ3n) is 3.41. The van der Waals surface area contributed by atoms with Gasteiger partial charge in [-0.2, -0.15) is 4.58 Å². The molecule has 0 aromatic heterocycles. The highest BCUT2D eigenvalue weighted by Crippen LogP contribution is 2.34. The van der Waals surface area contributed by atoms with Crippen molar-refractivity contribution >= 4 is 29.3 Å². The van der Waals surface area contributed by atoms with Crippen molar-refractivity contribution in [2.75, 3.05) is 0 Å². The Hall–Kier alpha value is -3.06. The highest BCUT2D eigenvalue weighted by atomic mass is 19.1. The number of amides is 1. The van der Waals surface area contributed by atoms with E-state index in [1.807, 2.05) is 24.3 Å². The number of fused-ring (bicyclic) bond motifs is 1. The maximum Gasteiger partial charge on any atom is 0.314 e. The minimum atomic E-state index is -0.530. The van der Waals surface area contributed by atoms with Gasteiger partial charge in [0.15, 0.2) is 5.69 Å². The number of carbonyl (C=O) groups excluding carboxylic acids is 1. The van der Waals surface area contributed by atoms with Gasteiger partial charge in [-0.3, -0.25) is 10.2 Å². The maximum absolute atomic E-state index is 13.1. The fourth-order valence-electron chi connectivity index (χ4n) is 2.32. The number of carbonyl (C=O) groups is 1. The van der Waals surface area contributed by atoms with Crippen molar-refractivity contribution in [1.29, 1.82) is 0 Å². The molecule has 1 amide bonds. The molecule has 0 saturated heterocycles. The Kier molecular flexibility index (Phi) is 3.86. The lowest BCUT2D eigenvalue weighted by Gasteiger charge is -2.03. The van der Waals surface area contributed by atoms with Gasteiger partial charge < -0.3 is 5.11 Å². The molecule has 0 fully saturated rings. The molecule has 7 heteroatoms. The Morgan fingerprint density at radius 2 is 2.13 bits per heavy atom. The van der Waals surface area contributed by atoms with Crippen molar-refractivity contribution < 1.29 is 18.9 Å².